The Morgan fingerprint density at radius 2 is 2.05 bits per heavy atom. The zero-order valence-electron chi connectivity index (χ0n) is 13.2. The summed E-state index contributed by atoms with van der Waals surface area (Å²) in [6.45, 7) is 8.75. The van der Waals surface area contributed by atoms with Crippen molar-refractivity contribution in [1.29, 1.82) is 0 Å². The maximum Gasteiger partial charge on any atom is 0.248 e. The van der Waals surface area contributed by atoms with Gasteiger partial charge < -0.3 is 10.2 Å². The second kappa shape index (κ2) is 5.87. The van der Waals surface area contributed by atoms with Crippen LogP contribution in [-0.4, -0.2) is 38.1 Å². The van der Waals surface area contributed by atoms with Crippen molar-refractivity contribution in [3.05, 3.63) is 18.0 Å². The Balaban J connectivity index is 2.25. The van der Waals surface area contributed by atoms with Gasteiger partial charge in [-0.1, -0.05) is 13.3 Å². The highest BCUT2D eigenvalue weighted by atomic mass is 16.2. The molecule has 1 aromatic rings. The molecular weight excluding hydrogens is 268 g/mol. The fourth-order valence-corrected chi connectivity index (χ4v) is 2.69. The van der Waals surface area contributed by atoms with Crippen LogP contribution >= 0.6 is 0 Å². The SMILES string of the molecule is CCCC1C(=O)NC(C)(C)C(=O)N1Cc1cnn(CC)c1. The van der Waals surface area contributed by atoms with Crippen molar-refractivity contribution in [2.45, 2.75) is 65.2 Å². The third-order valence-electron chi connectivity index (χ3n) is 3.84. The van der Waals surface area contributed by atoms with Crippen LogP contribution in [0.1, 0.15) is 46.1 Å². The lowest BCUT2D eigenvalue weighted by Crippen LogP contribution is -2.67. The van der Waals surface area contributed by atoms with E-state index < -0.39 is 5.54 Å². The van der Waals surface area contributed by atoms with E-state index in [-0.39, 0.29) is 17.9 Å². The predicted molar refractivity (Wildman–Crippen MR) is 79.4 cm³/mol. The van der Waals surface area contributed by atoms with Crippen LogP contribution < -0.4 is 5.32 Å². The molecule has 0 bridgehead atoms. The highest BCUT2D eigenvalue weighted by molar-refractivity contribution is 5.99. The van der Waals surface area contributed by atoms with Gasteiger partial charge in [0.05, 0.1) is 6.20 Å². The van der Waals surface area contributed by atoms with Gasteiger partial charge in [-0.15, -0.1) is 0 Å². The molecule has 0 aliphatic carbocycles. The van der Waals surface area contributed by atoms with Gasteiger partial charge in [0.15, 0.2) is 0 Å². The summed E-state index contributed by atoms with van der Waals surface area (Å²) in [7, 11) is 0. The van der Waals surface area contributed by atoms with Crippen molar-refractivity contribution < 1.29 is 9.59 Å². The Hall–Kier alpha value is -1.85. The first-order valence-electron chi connectivity index (χ1n) is 7.53. The summed E-state index contributed by atoms with van der Waals surface area (Å²) in [5.74, 6) is -0.103. The number of nitrogens with one attached hydrogen (secondary N) is 1. The van der Waals surface area contributed by atoms with E-state index >= 15 is 0 Å². The second-order valence-corrected chi connectivity index (χ2v) is 6.06. The van der Waals surface area contributed by atoms with Gasteiger partial charge in [0.2, 0.25) is 11.8 Å². The minimum atomic E-state index is -0.845. The average Bonchev–Trinajstić information content (AvgIpc) is 2.87. The lowest BCUT2D eigenvalue weighted by atomic mass is 9.94. The van der Waals surface area contributed by atoms with Crippen LogP contribution in [-0.2, 0) is 22.7 Å². The summed E-state index contributed by atoms with van der Waals surface area (Å²) in [6.07, 6.45) is 5.22. The van der Waals surface area contributed by atoms with Gasteiger partial charge in [-0.2, -0.15) is 5.10 Å². The van der Waals surface area contributed by atoms with Crippen LogP contribution in [0.25, 0.3) is 0 Å². The standard InChI is InChI=1S/C15H24N4O2/c1-5-7-12-13(20)17-15(3,4)14(21)19(12)10-11-8-16-18(6-2)9-11/h8-9,12H,5-7,10H2,1-4H3,(H,17,20). The molecule has 1 N–H and O–H groups in total. The maximum absolute atomic E-state index is 12.6. The number of aromatic nitrogens is 2. The molecule has 1 atom stereocenters. The Morgan fingerprint density at radius 1 is 1.33 bits per heavy atom. The Kier molecular flexibility index (Phi) is 4.34. The van der Waals surface area contributed by atoms with E-state index in [1.54, 1.807) is 24.9 Å². The van der Waals surface area contributed by atoms with Crippen molar-refractivity contribution in [1.82, 2.24) is 20.0 Å². The van der Waals surface area contributed by atoms with Gasteiger partial charge in [0.1, 0.15) is 11.6 Å². The van der Waals surface area contributed by atoms with E-state index in [0.29, 0.717) is 13.0 Å². The van der Waals surface area contributed by atoms with Crippen molar-refractivity contribution in [2.24, 2.45) is 0 Å². The van der Waals surface area contributed by atoms with Crippen molar-refractivity contribution in [3.8, 4) is 0 Å². The lowest BCUT2D eigenvalue weighted by Gasteiger charge is -2.42. The summed E-state index contributed by atoms with van der Waals surface area (Å²) in [5.41, 5.74) is 0.110. The molecule has 1 fully saturated rings. The molecule has 6 nitrogen and oxygen atoms in total. The summed E-state index contributed by atoms with van der Waals surface area (Å²) in [5, 5.41) is 7.05. The molecule has 2 heterocycles. The molecule has 1 saturated heterocycles. The summed E-state index contributed by atoms with van der Waals surface area (Å²) >= 11 is 0. The van der Waals surface area contributed by atoms with Gasteiger partial charge in [0, 0.05) is 24.8 Å². The lowest BCUT2D eigenvalue weighted by molar-refractivity contribution is -0.154. The Labute approximate surface area is 125 Å². The number of aryl methyl sites for hydroxylation is 1. The quantitative estimate of drug-likeness (QED) is 0.889. The van der Waals surface area contributed by atoms with Gasteiger partial charge >= 0.3 is 0 Å². The molecule has 1 aromatic heterocycles. The molecule has 0 saturated carbocycles. The van der Waals surface area contributed by atoms with E-state index in [0.717, 1.165) is 18.5 Å². The number of rotatable bonds is 5. The van der Waals surface area contributed by atoms with Crippen LogP contribution in [0.2, 0.25) is 0 Å². The summed E-state index contributed by atoms with van der Waals surface area (Å²) < 4.78 is 1.82. The van der Waals surface area contributed by atoms with Crippen LogP contribution in [0.3, 0.4) is 0 Å². The third-order valence-corrected chi connectivity index (χ3v) is 3.84. The topological polar surface area (TPSA) is 67.2 Å². The fraction of sp³-hybridized carbons (Fsp3) is 0.667. The van der Waals surface area contributed by atoms with Crippen molar-refractivity contribution in [2.75, 3.05) is 0 Å². The first-order valence-corrected chi connectivity index (χ1v) is 7.53. The van der Waals surface area contributed by atoms with Crippen LogP contribution in [0, 0.1) is 0 Å². The molecule has 0 radical (unpaired) electrons. The predicted octanol–water partition coefficient (Wildman–Crippen LogP) is 1.31. The van der Waals surface area contributed by atoms with E-state index in [1.165, 1.54) is 0 Å². The molecule has 0 spiro atoms. The molecule has 1 unspecified atom stereocenters. The van der Waals surface area contributed by atoms with Crippen LogP contribution in [0.4, 0.5) is 0 Å². The molecule has 2 amide bonds. The summed E-state index contributed by atoms with van der Waals surface area (Å²) in [4.78, 5) is 26.6. The molecule has 6 heteroatoms. The number of carbonyl (C=O) groups excluding carboxylic acids is 2. The van der Waals surface area contributed by atoms with E-state index in [4.69, 9.17) is 0 Å². The number of hydrogen-bond acceptors (Lipinski definition) is 3. The number of piperazine rings is 1. The fourth-order valence-electron chi connectivity index (χ4n) is 2.69. The minimum absolute atomic E-state index is 0.0372. The van der Waals surface area contributed by atoms with Gasteiger partial charge in [-0.25, -0.2) is 0 Å². The highest BCUT2D eigenvalue weighted by Gasteiger charge is 2.44. The Morgan fingerprint density at radius 3 is 2.62 bits per heavy atom. The summed E-state index contributed by atoms with van der Waals surface area (Å²) in [6, 6.07) is -0.388. The maximum atomic E-state index is 12.6. The number of hydrogen-bond donors (Lipinski definition) is 1. The monoisotopic (exact) mass is 292 g/mol. The largest absolute Gasteiger partial charge is 0.340 e. The highest BCUT2D eigenvalue weighted by Crippen LogP contribution is 2.23. The molecule has 2 rings (SSSR count). The van der Waals surface area contributed by atoms with E-state index in [1.807, 2.05) is 24.7 Å². The van der Waals surface area contributed by atoms with Crippen molar-refractivity contribution in [3.63, 3.8) is 0 Å². The normalized spacial score (nSPS) is 21.5. The van der Waals surface area contributed by atoms with E-state index in [2.05, 4.69) is 10.4 Å². The molecule has 1 aliphatic heterocycles. The smallest absolute Gasteiger partial charge is 0.248 e. The van der Waals surface area contributed by atoms with Gasteiger partial charge in [0.25, 0.3) is 0 Å². The molecule has 1 aliphatic rings. The Bertz CT molecular complexity index is 536. The third kappa shape index (κ3) is 3.09. The van der Waals surface area contributed by atoms with Crippen LogP contribution in [0.15, 0.2) is 12.4 Å². The minimum Gasteiger partial charge on any atom is -0.340 e. The molecule has 21 heavy (non-hydrogen) atoms. The second-order valence-electron chi connectivity index (χ2n) is 6.06. The zero-order valence-corrected chi connectivity index (χ0v) is 13.2. The van der Waals surface area contributed by atoms with Gasteiger partial charge in [-0.05, 0) is 27.2 Å². The van der Waals surface area contributed by atoms with Crippen LogP contribution in [0.5, 0.6) is 0 Å². The number of carbonyl (C=O) groups is 2. The first-order chi connectivity index (χ1) is 9.89. The number of amides is 2. The van der Waals surface area contributed by atoms with E-state index in [9.17, 15) is 9.59 Å². The average molecular weight is 292 g/mol. The zero-order chi connectivity index (χ0) is 15.6. The molecular formula is C15H24N4O2. The number of nitrogens with zero attached hydrogens (tertiary/aromatic N) is 3. The molecule has 116 valence electrons. The van der Waals surface area contributed by atoms with Crippen molar-refractivity contribution >= 4 is 11.8 Å². The first kappa shape index (κ1) is 15.5. The van der Waals surface area contributed by atoms with Gasteiger partial charge in [-0.3, -0.25) is 14.3 Å². The molecule has 0 aromatic carbocycles.